The second kappa shape index (κ2) is 6.36. The summed E-state index contributed by atoms with van der Waals surface area (Å²) in [5, 5.41) is 0. The predicted octanol–water partition coefficient (Wildman–Crippen LogP) is 0.970. The van der Waals surface area contributed by atoms with E-state index < -0.39 is 9.84 Å². The molecule has 2 aromatic rings. The number of nitrogens with zero attached hydrogens (tertiary/aromatic N) is 3. The van der Waals surface area contributed by atoms with Gasteiger partial charge >= 0.3 is 0 Å². The van der Waals surface area contributed by atoms with Crippen molar-refractivity contribution in [3.63, 3.8) is 0 Å². The highest BCUT2D eigenvalue weighted by molar-refractivity contribution is 7.91. The lowest BCUT2D eigenvalue weighted by Crippen LogP contribution is -2.38. The number of imidazole rings is 1. The Labute approximate surface area is 130 Å². The van der Waals surface area contributed by atoms with E-state index in [1.807, 2.05) is 35.0 Å². The summed E-state index contributed by atoms with van der Waals surface area (Å²) in [6, 6.07) is 5.95. The van der Waals surface area contributed by atoms with Gasteiger partial charge in [-0.3, -0.25) is 4.90 Å². The van der Waals surface area contributed by atoms with Crippen LogP contribution in [0, 0.1) is 0 Å². The zero-order valence-electron chi connectivity index (χ0n) is 12.7. The van der Waals surface area contributed by atoms with Crippen molar-refractivity contribution >= 4 is 15.5 Å². The highest BCUT2D eigenvalue weighted by Crippen LogP contribution is 2.20. The number of hydrogen-bond donors (Lipinski definition) is 0. The van der Waals surface area contributed by atoms with Gasteiger partial charge in [-0.15, -0.1) is 0 Å². The summed E-state index contributed by atoms with van der Waals surface area (Å²) in [6.07, 6.45) is 4.54. The van der Waals surface area contributed by atoms with E-state index in [1.54, 1.807) is 7.11 Å². The van der Waals surface area contributed by atoms with E-state index in [9.17, 15) is 8.42 Å². The number of fused-ring (bicyclic) bond motifs is 1. The quantitative estimate of drug-likeness (QED) is 0.792. The Morgan fingerprint density at radius 2 is 2.32 bits per heavy atom. The molecule has 7 heteroatoms. The van der Waals surface area contributed by atoms with Gasteiger partial charge in [-0.25, -0.2) is 13.4 Å². The van der Waals surface area contributed by atoms with Gasteiger partial charge in [0.05, 0.1) is 30.0 Å². The molecule has 0 spiro atoms. The van der Waals surface area contributed by atoms with Crippen molar-refractivity contribution in [2.24, 2.45) is 0 Å². The summed E-state index contributed by atoms with van der Waals surface area (Å²) in [7, 11) is -1.23. The summed E-state index contributed by atoms with van der Waals surface area (Å²) in [4.78, 5) is 6.59. The fraction of sp³-hybridized carbons (Fsp3) is 0.533. The van der Waals surface area contributed by atoms with Gasteiger partial charge in [0.15, 0.2) is 9.84 Å². The van der Waals surface area contributed by atoms with Crippen molar-refractivity contribution in [3.05, 3.63) is 36.3 Å². The maximum Gasteiger partial charge on any atom is 0.151 e. The molecular formula is C15H21N3O3S. The van der Waals surface area contributed by atoms with E-state index in [2.05, 4.69) is 9.88 Å². The standard InChI is InChI=1S/C15H21N3O3S/c1-21-8-7-17(13-5-9-22(19,20)12-13)11-14-10-16-15-4-2-3-6-18(14)15/h2-4,6,10,13H,5,7-9,11-12H2,1H3. The third kappa shape index (κ3) is 3.31. The van der Waals surface area contributed by atoms with Crippen LogP contribution in [0.5, 0.6) is 0 Å². The van der Waals surface area contributed by atoms with Gasteiger partial charge in [-0.2, -0.15) is 0 Å². The monoisotopic (exact) mass is 323 g/mol. The Bertz CT molecular complexity index is 741. The minimum absolute atomic E-state index is 0.0643. The zero-order chi connectivity index (χ0) is 15.6. The fourth-order valence-electron chi connectivity index (χ4n) is 2.97. The van der Waals surface area contributed by atoms with Gasteiger partial charge in [0.25, 0.3) is 0 Å². The van der Waals surface area contributed by atoms with Crippen LogP contribution in [-0.4, -0.2) is 60.5 Å². The largest absolute Gasteiger partial charge is 0.383 e. The highest BCUT2D eigenvalue weighted by Gasteiger charge is 2.32. The zero-order valence-corrected chi connectivity index (χ0v) is 13.5. The van der Waals surface area contributed by atoms with Crippen molar-refractivity contribution in [2.75, 3.05) is 31.8 Å². The molecule has 0 saturated carbocycles. The third-order valence-electron chi connectivity index (χ3n) is 4.17. The van der Waals surface area contributed by atoms with Crippen molar-refractivity contribution in [3.8, 4) is 0 Å². The van der Waals surface area contributed by atoms with Crippen LogP contribution in [-0.2, 0) is 21.1 Å². The van der Waals surface area contributed by atoms with Crippen LogP contribution in [0.1, 0.15) is 12.1 Å². The lowest BCUT2D eigenvalue weighted by Gasteiger charge is -2.27. The first kappa shape index (κ1) is 15.5. The minimum Gasteiger partial charge on any atom is -0.383 e. The summed E-state index contributed by atoms with van der Waals surface area (Å²) in [5.74, 6) is 0.530. The average molecular weight is 323 g/mol. The molecule has 6 nitrogen and oxygen atoms in total. The second-order valence-corrected chi connectivity index (χ2v) is 7.93. The Kier molecular flexibility index (Phi) is 4.46. The molecule has 22 heavy (non-hydrogen) atoms. The van der Waals surface area contributed by atoms with E-state index >= 15 is 0 Å². The van der Waals surface area contributed by atoms with Crippen LogP contribution in [0.3, 0.4) is 0 Å². The first-order chi connectivity index (χ1) is 10.6. The molecule has 0 aromatic carbocycles. The molecule has 1 aliphatic rings. The molecule has 0 radical (unpaired) electrons. The van der Waals surface area contributed by atoms with Crippen molar-refractivity contribution in [2.45, 2.75) is 19.0 Å². The summed E-state index contributed by atoms with van der Waals surface area (Å²) in [6.45, 7) is 1.98. The van der Waals surface area contributed by atoms with Crippen LogP contribution >= 0.6 is 0 Å². The maximum atomic E-state index is 11.8. The van der Waals surface area contributed by atoms with Crippen LogP contribution in [0.15, 0.2) is 30.6 Å². The average Bonchev–Trinajstić information content (AvgIpc) is 3.07. The molecule has 0 aliphatic carbocycles. The molecule has 1 aliphatic heterocycles. The SMILES string of the molecule is COCCN(Cc1cnc2ccccn12)C1CCS(=O)(=O)C1. The third-order valence-corrected chi connectivity index (χ3v) is 5.92. The van der Waals surface area contributed by atoms with E-state index in [0.29, 0.717) is 19.6 Å². The summed E-state index contributed by atoms with van der Waals surface area (Å²) < 4.78 is 30.7. The van der Waals surface area contributed by atoms with Gasteiger partial charge in [0.2, 0.25) is 0 Å². The molecule has 1 atom stereocenters. The molecule has 1 unspecified atom stereocenters. The number of ether oxygens (including phenoxy) is 1. The van der Waals surface area contributed by atoms with E-state index in [0.717, 1.165) is 17.9 Å². The lowest BCUT2D eigenvalue weighted by molar-refractivity contribution is 0.120. The molecule has 1 fully saturated rings. The van der Waals surface area contributed by atoms with Crippen molar-refractivity contribution in [1.82, 2.24) is 14.3 Å². The Morgan fingerprint density at radius 1 is 1.45 bits per heavy atom. The first-order valence-electron chi connectivity index (χ1n) is 7.43. The first-order valence-corrected chi connectivity index (χ1v) is 9.25. The van der Waals surface area contributed by atoms with Crippen LogP contribution < -0.4 is 0 Å². The maximum absolute atomic E-state index is 11.8. The molecular weight excluding hydrogens is 302 g/mol. The van der Waals surface area contributed by atoms with Crippen molar-refractivity contribution < 1.29 is 13.2 Å². The number of pyridine rings is 1. The summed E-state index contributed by atoms with van der Waals surface area (Å²) >= 11 is 0. The van der Waals surface area contributed by atoms with Crippen LogP contribution in [0.4, 0.5) is 0 Å². The Balaban J connectivity index is 1.80. The van der Waals surface area contributed by atoms with Crippen molar-refractivity contribution in [1.29, 1.82) is 0 Å². The fourth-order valence-corrected chi connectivity index (χ4v) is 4.73. The second-order valence-electron chi connectivity index (χ2n) is 5.70. The number of rotatable bonds is 6. The minimum atomic E-state index is -2.89. The number of hydrogen-bond acceptors (Lipinski definition) is 5. The topological polar surface area (TPSA) is 63.9 Å². The van der Waals surface area contributed by atoms with E-state index in [-0.39, 0.29) is 17.5 Å². The number of aromatic nitrogens is 2. The molecule has 3 heterocycles. The van der Waals surface area contributed by atoms with Gasteiger partial charge in [0, 0.05) is 32.4 Å². The Morgan fingerprint density at radius 3 is 3.05 bits per heavy atom. The van der Waals surface area contributed by atoms with E-state index in [4.69, 9.17) is 4.74 Å². The summed E-state index contributed by atoms with van der Waals surface area (Å²) in [5.41, 5.74) is 1.97. The van der Waals surface area contributed by atoms with Crippen LogP contribution in [0.25, 0.3) is 5.65 Å². The van der Waals surface area contributed by atoms with Gasteiger partial charge in [-0.1, -0.05) is 6.07 Å². The van der Waals surface area contributed by atoms with Crippen LogP contribution in [0.2, 0.25) is 0 Å². The van der Waals surface area contributed by atoms with Gasteiger partial charge in [0.1, 0.15) is 5.65 Å². The molecule has 2 aromatic heterocycles. The number of methoxy groups -OCH3 is 1. The molecule has 0 N–H and O–H groups in total. The molecule has 3 rings (SSSR count). The van der Waals surface area contributed by atoms with Gasteiger partial charge in [-0.05, 0) is 18.6 Å². The van der Waals surface area contributed by atoms with Gasteiger partial charge < -0.3 is 9.14 Å². The molecule has 1 saturated heterocycles. The molecule has 0 bridgehead atoms. The number of sulfone groups is 1. The van der Waals surface area contributed by atoms with E-state index in [1.165, 1.54) is 0 Å². The predicted molar refractivity (Wildman–Crippen MR) is 84.5 cm³/mol. The highest BCUT2D eigenvalue weighted by atomic mass is 32.2. The Hall–Kier alpha value is -1.44. The smallest absolute Gasteiger partial charge is 0.151 e. The molecule has 0 amide bonds. The normalized spacial score (nSPS) is 20.9. The lowest BCUT2D eigenvalue weighted by atomic mass is 10.2. The molecule has 120 valence electrons.